The minimum atomic E-state index is 0.669. The van der Waals surface area contributed by atoms with Crippen molar-refractivity contribution in [1.29, 1.82) is 0 Å². The molecular formula is C18H23BrN2. The van der Waals surface area contributed by atoms with Crippen LogP contribution in [-0.2, 0) is 0 Å². The maximum Gasteiger partial charge on any atom is 0.0372 e. The minimum Gasteiger partial charge on any atom is -0.371 e. The zero-order chi connectivity index (χ0) is 14.8. The van der Waals surface area contributed by atoms with Gasteiger partial charge in [0.15, 0.2) is 0 Å². The molecule has 21 heavy (non-hydrogen) atoms. The third-order valence-corrected chi connectivity index (χ3v) is 5.02. The number of hydrogen-bond acceptors (Lipinski definition) is 2. The van der Waals surface area contributed by atoms with Crippen LogP contribution in [0.25, 0.3) is 10.8 Å². The van der Waals surface area contributed by atoms with E-state index in [1.807, 2.05) is 0 Å². The van der Waals surface area contributed by atoms with E-state index in [1.54, 1.807) is 0 Å². The lowest BCUT2D eigenvalue weighted by atomic mass is 9.93. The summed E-state index contributed by atoms with van der Waals surface area (Å²) in [5.74, 6) is 0.694. The topological polar surface area (TPSA) is 15.3 Å². The van der Waals surface area contributed by atoms with Crippen molar-refractivity contribution < 1.29 is 0 Å². The molecule has 1 aliphatic rings. The summed E-state index contributed by atoms with van der Waals surface area (Å²) in [6.45, 7) is 7.90. The fourth-order valence-electron chi connectivity index (χ4n) is 3.35. The van der Waals surface area contributed by atoms with E-state index in [0.717, 1.165) is 24.1 Å². The molecule has 0 bridgehead atoms. The maximum absolute atomic E-state index is 3.61. The summed E-state index contributed by atoms with van der Waals surface area (Å²) >= 11 is 3.54. The second-order valence-electron chi connectivity index (χ2n) is 6.05. The average molecular weight is 347 g/mol. The highest BCUT2D eigenvalue weighted by Crippen LogP contribution is 2.28. The van der Waals surface area contributed by atoms with Crippen LogP contribution in [0.4, 0.5) is 5.69 Å². The van der Waals surface area contributed by atoms with Crippen LogP contribution in [0.1, 0.15) is 20.3 Å². The Balaban J connectivity index is 1.80. The molecule has 2 nitrogen and oxygen atoms in total. The normalized spacial score (nSPS) is 22.7. The van der Waals surface area contributed by atoms with Crippen LogP contribution in [0.3, 0.4) is 0 Å². The number of nitrogens with one attached hydrogen (secondary N) is 1. The lowest BCUT2D eigenvalue weighted by molar-refractivity contribution is 0.327. The second-order valence-corrected chi connectivity index (χ2v) is 6.97. The molecule has 112 valence electrons. The van der Waals surface area contributed by atoms with Crippen LogP contribution in [0.5, 0.6) is 0 Å². The number of halogens is 1. The number of benzene rings is 2. The van der Waals surface area contributed by atoms with Crippen LogP contribution in [0.15, 0.2) is 40.9 Å². The highest BCUT2D eigenvalue weighted by Gasteiger charge is 2.25. The highest BCUT2D eigenvalue weighted by molar-refractivity contribution is 9.10. The van der Waals surface area contributed by atoms with E-state index in [-0.39, 0.29) is 0 Å². The molecule has 2 aromatic carbocycles. The Bertz CT molecular complexity index is 626. The van der Waals surface area contributed by atoms with Gasteiger partial charge in [-0.3, -0.25) is 0 Å². The van der Waals surface area contributed by atoms with Crippen LogP contribution in [0.2, 0.25) is 0 Å². The molecule has 2 unspecified atom stereocenters. The molecule has 0 spiro atoms. The maximum atomic E-state index is 3.61. The number of anilines is 1. The first kappa shape index (κ1) is 14.9. The summed E-state index contributed by atoms with van der Waals surface area (Å²) in [6.07, 6.45) is 1.23. The number of piperidine rings is 1. The third kappa shape index (κ3) is 3.24. The van der Waals surface area contributed by atoms with Gasteiger partial charge in [0.1, 0.15) is 0 Å². The van der Waals surface area contributed by atoms with Crippen LogP contribution in [-0.4, -0.2) is 25.7 Å². The molecule has 3 heteroatoms. The van der Waals surface area contributed by atoms with Crippen molar-refractivity contribution in [3.8, 4) is 0 Å². The summed E-state index contributed by atoms with van der Waals surface area (Å²) in [6, 6.07) is 14.0. The van der Waals surface area contributed by atoms with Crippen LogP contribution in [0, 0.1) is 5.92 Å². The van der Waals surface area contributed by atoms with Gasteiger partial charge < -0.3 is 10.2 Å². The Morgan fingerprint density at radius 1 is 1.19 bits per heavy atom. The Kier molecular flexibility index (Phi) is 4.51. The molecule has 0 amide bonds. The first-order valence-electron chi connectivity index (χ1n) is 7.85. The molecule has 2 aromatic rings. The van der Waals surface area contributed by atoms with Gasteiger partial charge in [0.2, 0.25) is 0 Å². The SMILES string of the molecule is CCNC1CCN(c2ccc3cc(Br)ccc3c2)CC1C. The first-order chi connectivity index (χ1) is 10.2. The van der Waals surface area contributed by atoms with Gasteiger partial charge in [-0.2, -0.15) is 0 Å². The molecule has 0 aliphatic carbocycles. The Morgan fingerprint density at radius 3 is 2.71 bits per heavy atom. The van der Waals surface area contributed by atoms with Crippen molar-refractivity contribution in [2.75, 3.05) is 24.5 Å². The Labute approximate surface area is 135 Å². The van der Waals surface area contributed by atoms with Crippen molar-refractivity contribution in [3.05, 3.63) is 40.9 Å². The number of rotatable bonds is 3. The van der Waals surface area contributed by atoms with Gasteiger partial charge in [-0.15, -0.1) is 0 Å². The van der Waals surface area contributed by atoms with Gasteiger partial charge in [-0.1, -0.05) is 41.9 Å². The average Bonchev–Trinajstić information content (AvgIpc) is 2.49. The van der Waals surface area contributed by atoms with E-state index in [1.165, 1.54) is 22.9 Å². The minimum absolute atomic E-state index is 0.669. The van der Waals surface area contributed by atoms with Crippen LogP contribution < -0.4 is 10.2 Å². The zero-order valence-electron chi connectivity index (χ0n) is 12.8. The summed E-state index contributed by atoms with van der Waals surface area (Å²) in [5, 5.41) is 6.22. The molecule has 1 aliphatic heterocycles. The van der Waals surface area contributed by atoms with Gasteiger partial charge in [0.05, 0.1) is 0 Å². The molecule has 1 N–H and O–H groups in total. The fourth-order valence-corrected chi connectivity index (χ4v) is 3.73. The monoisotopic (exact) mass is 346 g/mol. The third-order valence-electron chi connectivity index (χ3n) is 4.52. The van der Waals surface area contributed by atoms with Gasteiger partial charge >= 0.3 is 0 Å². The largest absolute Gasteiger partial charge is 0.371 e. The lowest BCUT2D eigenvalue weighted by Gasteiger charge is -2.38. The van der Waals surface area contributed by atoms with Crippen molar-refractivity contribution >= 4 is 32.4 Å². The Hall–Kier alpha value is -1.06. The van der Waals surface area contributed by atoms with E-state index in [4.69, 9.17) is 0 Å². The molecule has 1 fully saturated rings. The van der Waals surface area contributed by atoms with E-state index in [9.17, 15) is 0 Å². The highest BCUT2D eigenvalue weighted by atomic mass is 79.9. The Morgan fingerprint density at radius 2 is 1.95 bits per heavy atom. The summed E-state index contributed by atoms with van der Waals surface area (Å²) < 4.78 is 1.14. The van der Waals surface area contributed by atoms with Gasteiger partial charge in [0, 0.05) is 29.3 Å². The standard InChI is InChI=1S/C18H23BrN2/c1-3-20-18-8-9-21(12-13(18)2)17-7-5-14-10-16(19)6-4-15(14)11-17/h4-7,10-11,13,18,20H,3,8-9,12H2,1-2H3. The number of hydrogen-bond donors (Lipinski definition) is 1. The predicted molar refractivity (Wildman–Crippen MR) is 95.1 cm³/mol. The van der Waals surface area contributed by atoms with Gasteiger partial charge in [-0.05, 0) is 53.9 Å². The molecule has 0 radical (unpaired) electrons. The number of nitrogens with zero attached hydrogens (tertiary/aromatic N) is 1. The zero-order valence-corrected chi connectivity index (χ0v) is 14.4. The van der Waals surface area contributed by atoms with E-state index in [0.29, 0.717) is 12.0 Å². The summed E-state index contributed by atoms with van der Waals surface area (Å²) in [7, 11) is 0. The molecule has 0 aromatic heterocycles. The summed E-state index contributed by atoms with van der Waals surface area (Å²) in [5.41, 5.74) is 1.35. The van der Waals surface area contributed by atoms with Gasteiger partial charge in [-0.25, -0.2) is 0 Å². The van der Waals surface area contributed by atoms with Crippen molar-refractivity contribution in [3.63, 3.8) is 0 Å². The smallest absolute Gasteiger partial charge is 0.0372 e. The van der Waals surface area contributed by atoms with Crippen LogP contribution >= 0.6 is 15.9 Å². The summed E-state index contributed by atoms with van der Waals surface area (Å²) in [4.78, 5) is 2.53. The number of fused-ring (bicyclic) bond motifs is 1. The van der Waals surface area contributed by atoms with Crippen molar-refractivity contribution in [1.82, 2.24) is 5.32 Å². The second kappa shape index (κ2) is 6.37. The molecule has 1 saturated heterocycles. The van der Waals surface area contributed by atoms with Crippen molar-refractivity contribution in [2.45, 2.75) is 26.3 Å². The van der Waals surface area contributed by atoms with E-state index < -0.39 is 0 Å². The molecule has 2 atom stereocenters. The molecule has 0 saturated carbocycles. The molecule has 3 rings (SSSR count). The van der Waals surface area contributed by atoms with E-state index >= 15 is 0 Å². The lowest BCUT2D eigenvalue weighted by Crippen LogP contribution is -2.48. The quantitative estimate of drug-likeness (QED) is 0.884. The fraction of sp³-hybridized carbons (Fsp3) is 0.444. The molecule has 1 heterocycles. The first-order valence-corrected chi connectivity index (χ1v) is 8.64. The van der Waals surface area contributed by atoms with E-state index in [2.05, 4.69) is 76.4 Å². The van der Waals surface area contributed by atoms with Gasteiger partial charge in [0.25, 0.3) is 0 Å². The molecular weight excluding hydrogens is 324 g/mol. The predicted octanol–water partition coefficient (Wildman–Crippen LogP) is 4.43. The van der Waals surface area contributed by atoms with Crippen molar-refractivity contribution in [2.24, 2.45) is 5.92 Å².